The molecule has 3 aromatic rings. The lowest BCUT2D eigenvalue weighted by Gasteiger charge is -2.38. The highest BCUT2D eigenvalue weighted by Gasteiger charge is 2.34. The molecule has 2 aliphatic rings. The van der Waals surface area contributed by atoms with Gasteiger partial charge >= 0.3 is 5.69 Å². The summed E-state index contributed by atoms with van der Waals surface area (Å²) in [7, 11) is 0. The smallest absolute Gasteiger partial charge is 0.328 e. The van der Waals surface area contributed by atoms with E-state index in [9.17, 15) is 14.0 Å². The van der Waals surface area contributed by atoms with Gasteiger partial charge in [-0.1, -0.05) is 31.0 Å². The average molecular weight is 407 g/mol. The molecule has 2 fully saturated rings. The Hall–Kier alpha value is -2.89. The van der Waals surface area contributed by atoms with Crippen molar-refractivity contribution in [2.75, 3.05) is 18.0 Å². The Morgan fingerprint density at radius 2 is 1.80 bits per heavy atom. The molecule has 156 valence electrons. The van der Waals surface area contributed by atoms with E-state index in [1.54, 1.807) is 16.7 Å². The highest BCUT2D eigenvalue weighted by molar-refractivity contribution is 6.00. The van der Waals surface area contributed by atoms with Crippen LogP contribution in [0.1, 0.15) is 32.6 Å². The van der Waals surface area contributed by atoms with Gasteiger partial charge in [0.2, 0.25) is 0 Å². The first kappa shape index (κ1) is 19.1. The Bertz CT molecular complexity index is 1210. The third-order valence-electron chi connectivity index (χ3n) is 6.97. The second kappa shape index (κ2) is 7.42. The van der Waals surface area contributed by atoms with Crippen molar-refractivity contribution in [3.63, 3.8) is 0 Å². The Morgan fingerprint density at radius 1 is 1.03 bits per heavy atom. The van der Waals surface area contributed by atoms with Crippen LogP contribution in [0, 0.1) is 17.7 Å². The maximum absolute atomic E-state index is 13.6. The number of aromatic amines is 1. The molecule has 0 radical (unpaired) electrons. The Labute approximate surface area is 174 Å². The number of aryl methyl sites for hydroxylation is 1. The van der Waals surface area contributed by atoms with Crippen LogP contribution >= 0.6 is 0 Å². The molecule has 0 amide bonds. The first-order valence-electron chi connectivity index (χ1n) is 10.9. The highest BCUT2D eigenvalue weighted by Crippen LogP contribution is 2.43. The van der Waals surface area contributed by atoms with E-state index in [4.69, 9.17) is 0 Å². The minimum absolute atomic E-state index is 0.287. The summed E-state index contributed by atoms with van der Waals surface area (Å²) in [5.74, 6) is 1.13. The summed E-state index contributed by atoms with van der Waals surface area (Å²) in [5, 5.41) is 0.551. The van der Waals surface area contributed by atoms with E-state index in [2.05, 4.69) is 9.88 Å². The van der Waals surface area contributed by atoms with E-state index in [0.717, 1.165) is 42.2 Å². The van der Waals surface area contributed by atoms with Crippen molar-refractivity contribution in [3.8, 4) is 11.1 Å². The average Bonchev–Trinajstić information content (AvgIpc) is 3.22. The SMILES string of the molecule is CCn1c(=O)[nH]c(=O)c2c(N3CC[C@H]4CCC[C@H]4C3)c(-c3ccc(F)cc3)ccc21. The number of rotatable bonds is 3. The summed E-state index contributed by atoms with van der Waals surface area (Å²) >= 11 is 0. The van der Waals surface area contributed by atoms with Gasteiger partial charge in [0, 0.05) is 25.2 Å². The first-order valence-corrected chi connectivity index (χ1v) is 10.9. The van der Waals surface area contributed by atoms with Gasteiger partial charge in [-0.15, -0.1) is 0 Å². The molecule has 0 bridgehead atoms. The minimum atomic E-state index is -0.384. The van der Waals surface area contributed by atoms with Gasteiger partial charge in [0.1, 0.15) is 5.82 Å². The van der Waals surface area contributed by atoms with Gasteiger partial charge in [-0.3, -0.25) is 14.3 Å². The predicted molar refractivity (Wildman–Crippen MR) is 118 cm³/mol. The van der Waals surface area contributed by atoms with Crippen LogP contribution in [0.4, 0.5) is 10.1 Å². The lowest BCUT2D eigenvalue weighted by Crippen LogP contribution is -2.40. The molecule has 1 N–H and O–H groups in total. The van der Waals surface area contributed by atoms with Crippen molar-refractivity contribution in [1.82, 2.24) is 9.55 Å². The second-order valence-corrected chi connectivity index (χ2v) is 8.55. The van der Waals surface area contributed by atoms with Crippen LogP contribution in [0.5, 0.6) is 0 Å². The maximum Gasteiger partial charge on any atom is 0.328 e. The lowest BCUT2D eigenvalue weighted by molar-refractivity contribution is 0.324. The topological polar surface area (TPSA) is 58.1 Å². The minimum Gasteiger partial charge on any atom is -0.370 e. The molecule has 6 heteroatoms. The number of piperidine rings is 1. The second-order valence-electron chi connectivity index (χ2n) is 8.55. The fourth-order valence-corrected chi connectivity index (χ4v) is 5.50. The van der Waals surface area contributed by atoms with E-state index in [-0.39, 0.29) is 17.1 Å². The van der Waals surface area contributed by atoms with E-state index in [1.807, 2.05) is 19.1 Å². The summed E-state index contributed by atoms with van der Waals surface area (Å²) in [6.07, 6.45) is 4.93. The third kappa shape index (κ3) is 3.06. The molecule has 1 aromatic heterocycles. The van der Waals surface area contributed by atoms with Crippen molar-refractivity contribution in [3.05, 3.63) is 63.1 Å². The molecule has 2 heterocycles. The van der Waals surface area contributed by atoms with E-state index < -0.39 is 0 Å². The number of hydrogen-bond donors (Lipinski definition) is 1. The van der Waals surface area contributed by atoms with Crippen molar-refractivity contribution in [2.45, 2.75) is 39.2 Å². The Kier molecular flexibility index (Phi) is 4.72. The number of anilines is 1. The number of halogens is 1. The molecule has 1 saturated carbocycles. The molecule has 1 aliphatic carbocycles. The summed E-state index contributed by atoms with van der Waals surface area (Å²) in [6.45, 7) is 4.19. The number of hydrogen-bond acceptors (Lipinski definition) is 3. The summed E-state index contributed by atoms with van der Waals surface area (Å²) in [4.78, 5) is 30.2. The zero-order valence-corrected chi connectivity index (χ0v) is 17.2. The highest BCUT2D eigenvalue weighted by atomic mass is 19.1. The number of fused-ring (bicyclic) bond motifs is 2. The Balaban J connectivity index is 1.77. The first-order chi connectivity index (χ1) is 14.6. The zero-order valence-electron chi connectivity index (χ0n) is 17.2. The molecule has 1 aliphatic heterocycles. The standard InChI is InChI=1S/C24H26FN3O2/c1-2-28-20-11-10-19(16-6-8-18(25)9-7-16)22(21(20)23(29)26-24(28)30)27-13-12-15-4-3-5-17(15)14-27/h6-11,15,17H,2-5,12-14H2,1H3,(H,26,29,30)/t15-,17+/m1/s1. The van der Waals surface area contributed by atoms with Crippen molar-refractivity contribution >= 4 is 16.6 Å². The van der Waals surface area contributed by atoms with Gasteiger partial charge in [0.05, 0.1) is 16.6 Å². The van der Waals surface area contributed by atoms with Crippen LogP contribution in [-0.4, -0.2) is 22.6 Å². The summed E-state index contributed by atoms with van der Waals surface area (Å²) < 4.78 is 15.2. The molecule has 5 rings (SSSR count). The van der Waals surface area contributed by atoms with Gasteiger partial charge < -0.3 is 4.90 Å². The Morgan fingerprint density at radius 3 is 2.57 bits per heavy atom. The van der Waals surface area contributed by atoms with Crippen molar-refractivity contribution in [2.24, 2.45) is 11.8 Å². The number of aromatic nitrogens is 2. The summed E-state index contributed by atoms with van der Waals surface area (Å²) in [5.41, 5.74) is 2.56. The van der Waals surface area contributed by atoms with E-state index in [0.29, 0.717) is 23.4 Å². The van der Waals surface area contributed by atoms with Crippen LogP contribution < -0.4 is 16.1 Å². The van der Waals surface area contributed by atoms with Gasteiger partial charge in [-0.2, -0.15) is 0 Å². The van der Waals surface area contributed by atoms with Gasteiger partial charge in [-0.05, 0) is 55.4 Å². The molecule has 1 saturated heterocycles. The zero-order chi connectivity index (χ0) is 20.8. The third-order valence-corrected chi connectivity index (χ3v) is 6.97. The van der Waals surface area contributed by atoms with Crippen LogP contribution in [0.25, 0.3) is 22.0 Å². The van der Waals surface area contributed by atoms with Gasteiger partial charge in [0.25, 0.3) is 5.56 Å². The number of nitrogens with one attached hydrogen (secondary N) is 1. The molecular weight excluding hydrogens is 381 g/mol. The van der Waals surface area contributed by atoms with Crippen LogP contribution in [0.15, 0.2) is 46.0 Å². The quantitative estimate of drug-likeness (QED) is 0.710. The molecule has 0 spiro atoms. The van der Waals surface area contributed by atoms with Crippen LogP contribution in [0.3, 0.4) is 0 Å². The molecule has 0 unspecified atom stereocenters. The number of nitrogens with zero attached hydrogens (tertiary/aromatic N) is 2. The predicted octanol–water partition coefficient (Wildman–Crippen LogP) is 4.14. The number of benzene rings is 2. The fourth-order valence-electron chi connectivity index (χ4n) is 5.50. The fraction of sp³-hybridized carbons (Fsp3) is 0.417. The van der Waals surface area contributed by atoms with Gasteiger partial charge in [-0.25, -0.2) is 9.18 Å². The lowest BCUT2D eigenvalue weighted by atomic mass is 9.87. The number of H-pyrrole nitrogens is 1. The maximum atomic E-state index is 13.6. The molecular formula is C24H26FN3O2. The molecule has 30 heavy (non-hydrogen) atoms. The van der Waals surface area contributed by atoms with Crippen molar-refractivity contribution in [1.29, 1.82) is 0 Å². The van der Waals surface area contributed by atoms with Crippen LogP contribution in [-0.2, 0) is 6.54 Å². The van der Waals surface area contributed by atoms with E-state index in [1.165, 1.54) is 31.4 Å². The molecule has 5 nitrogen and oxygen atoms in total. The molecule has 2 atom stereocenters. The normalized spacial score (nSPS) is 21.2. The van der Waals surface area contributed by atoms with E-state index >= 15 is 0 Å². The monoisotopic (exact) mass is 407 g/mol. The van der Waals surface area contributed by atoms with Crippen LogP contribution in [0.2, 0.25) is 0 Å². The summed E-state index contributed by atoms with van der Waals surface area (Å²) in [6, 6.07) is 10.2. The molecule has 2 aromatic carbocycles. The van der Waals surface area contributed by atoms with Crippen molar-refractivity contribution < 1.29 is 4.39 Å². The van der Waals surface area contributed by atoms with Gasteiger partial charge in [0.15, 0.2) is 0 Å². The largest absolute Gasteiger partial charge is 0.370 e.